The third-order valence-electron chi connectivity index (χ3n) is 4.21. The van der Waals surface area contributed by atoms with Crippen molar-refractivity contribution in [3.8, 4) is 0 Å². The molecule has 1 aliphatic rings. The van der Waals surface area contributed by atoms with Gasteiger partial charge in [-0.1, -0.05) is 48.5 Å². The van der Waals surface area contributed by atoms with E-state index in [0.29, 0.717) is 24.8 Å². The Morgan fingerprint density at radius 3 is 2.41 bits per heavy atom. The van der Waals surface area contributed by atoms with Crippen molar-refractivity contribution in [2.75, 3.05) is 6.61 Å². The topological polar surface area (TPSA) is 57.6 Å². The number of benzene rings is 2. The number of carbonyl (C=O) groups excluding carboxylic acids is 2. The molecule has 1 amide bonds. The number of carbonyl (C=O) groups is 2. The molecular weight excluding hydrogens is 278 g/mol. The van der Waals surface area contributed by atoms with Gasteiger partial charge in [0.25, 0.3) is 5.91 Å². The van der Waals surface area contributed by atoms with Crippen molar-refractivity contribution in [1.29, 1.82) is 0 Å². The lowest BCUT2D eigenvalue weighted by atomic mass is 9.91. The predicted octanol–water partition coefficient (Wildman–Crippen LogP) is 1.82. The number of hydrogen-bond donors (Lipinski definition) is 1. The number of aldehydes is 1. The molecule has 0 unspecified atom stereocenters. The number of fused-ring (bicyclic) bond motifs is 1. The molecule has 0 spiro atoms. The van der Waals surface area contributed by atoms with Gasteiger partial charge in [0.15, 0.2) is 0 Å². The molecular formula is C18H17NO3. The summed E-state index contributed by atoms with van der Waals surface area (Å²) in [6, 6.07) is 16.7. The van der Waals surface area contributed by atoms with Crippen LogP contribution in [0.4, 0.5) is 0 Å². The normalized spacial score (nSPS) is 16.2. The number of nitrogens with zero attached hydrogens (tertiary/aromatic N) is 1. The molecule has 1 heterocycles. The van der Waals surface area contributed by atoms with Crippen molar-refractivity contribution in [3.63, 3.8) is 0 Å². The summed E-state index contributed by atoms with van der Waals surface area (Å²) in [5, 5.41) is 9.87. The van der Waals surface area contributed by atoms with Gasteiger partial charge < -0.3 is 14.8 Å². The first-order valence-corrected chi connectivity index (χ1v) is 7.21. The standard InChI is InChI=1S/C18H17NO3/c20-12-18(13-21,10-14-6-2-1-3-7-14)19-11-15-8-4-5-9-16(15)17(19)22/h1-9,12,21H,10-11,13H2/t18-/m0/s1. The average molecular weight is 295 g/mol. The highest BCUT2D eigenvalue weighted by molar-refractivity contribution is 6.00. The Hall–Kier alpha value is -2.46. The van der Waals surface area contributed by atoms with Crippen LogP contribution in [0.25, 0.3) is 0 Å². The Balaban J connectivity index is 1.96. The molecule has 1 N–H and O–H groups in total. The van der Waals surface area contributed by atoms with Gasteiger partial charge in [-0.2, -0.15) is 0 Å². The maximum atomic E-state index is 12.6. The third-order valence-corrected chi connectivity index (χ3v) is 4.21. The molecule has 0 saturated heterocycles. The van der Waals surface area contributed by atoms with Gasteiger partial charge >= 0.3 is 0 Å². The van der Waals surface area contributed by atoms with Gasteiger partial charge in [-0.25, -0.2) is 0 Å². The number of aliphatic hydroxyl groups excluding tert-OH is 1. The van der Waals surface area contributed by atoms with E-state index in [1.807, 2.05) is 42.5 Å². The smallest absolute Gasteiger partial charge is 0.255 e. The largest absolute Gasteiger partial charge is 0.393 e. The first-order valence-electron chi connectivity index (χ1n) is 7.21. The summed E-state index contributed by atoms with van der Waals surface area (Å²) >= 11 is 0. The molecule has 0 saturated carbocycles. The highest BCUT2D eigenvalue weighted by Crippen LogP contribution is 2.30. The molecule has 2 aromatic rings. The van der Waals surface area contributed by atoms with Crippen LogP contribution >= 0.6 is 0 Å². The van der Waals surface area contributed by atoms with Crippen molar-refractivity contribution in [2.24, 2.45) is 0 Å². The van der Waals surface area contributed by atoms with Crippen LogP contribution in [0.5, 0.6) is 0 Å². The highest BCUT2D eigenvalue weighted by atomic mass is 16.3. The van der Waals surface area contributed by atoms with Crippen LogP contribution in [-0.2, 0) is 17.8 Å². The second-order valence-electron chi connectivity index (χ2n) is 5.59. The van der Waals surface area contributed by atoms with Crippen molar-refractivity contribution in [1.82, 2.24) is 4.90 Å². The molecule has 0 aliphatic carbocycles. The Morgan fingerprint density at radius 1 is 1.09 bits per heavy atom. The van der Waals surface area contributed by atoms with Crippen LogP contribution in [0.3, 0.4) is 0 Å². The van der Waals surface area contributed by atoms with Crippen molar-refractivity contribution in [3.05, 3.63) is 71.3 Å². The van der Waals surface area contributed by atoms with Crippen LogP contribution < -0.4 is 0 Å². The number of aliphatic hydroxyl groups is 1. The second-order valence-corrected chi connectivity index (χ2v) is 5.59. The summed E-state index contributed by atoms with van der Waals surface area (Å²) in [4.78, 5) is 25.9. The number of hydrogen-bond acceptors (Lipinski definition) is 3. The minimum atomic E-state index is -1.22. The van der Waals surface area contributed by atoms with Gasteiger partial charge in [-0.05, 0) is 17.2 Å². The molecule has 0 bridgehead atoms. The molecule has 4 nitrogen and oxygen atoms in total. The van der Waals surface area contributed by atoms with Gasteiger partial charge in [0.1, 0.15) is 11.8 Å². The lowest BCUT2D eigenvalue weighted by Gasteiger charge is -2.36. The van der Waals surface area contributed by atoms with E-state index < -0.39 is 12.1 Å². The molecule has 112 valence electrons. The Morgan fingerprint density at radius 2 is 1.77 bits per heavy atom. The molecule has 0 radical (unpaired) electrons. The summed E-state index contributed by atoms with van der Waals surface area (Å²) in [6.07, 6.45) is 0.997. The van der Waals surface area contributed by atoms with Crippen molar-refractivity contribution in [2.45, 2.75) is 18.5 Å². The van der Waals surface area contributed by atoms with Crippen LogP contribution in [0.1, 0.15) is 21.5 Å². The first kappa shape index (κ1) is 14.5. The summed E-state index contributed by atoms with van der Waals surface area (Å²) in [7, 11) is 0. The van der Waals surface area contributed by atoms with E-state index in [-0.39, 0.29) is 5.91 Å². The van der Waals surface area contributed by atoms with Crippen LogP contribution in [-0.4, -0.2) is 34.3 Å². The summed E-state index contributed by atoms with van der Waals surface area (Å²) < 4.78 is 0. The van der Waals surface area contributed by atoms with Gasteiger partial charge in [0, 0.05) is 18.5 Å². The molecule has 3 rings (SSSR count). The SMILES string of the molecule is O=C[C@](CO)(Cc1ccccc1)N1Cc2ccccc2C1=O. The zero-order chi connectivity index (χ0) is 15.6. The van der Waals surface area contributed by atoms with Crippen LogP contribution in [0, 0.1) is 0 Å². The molecule has 4 heteroatoms. The van der Waals surface area contributed by atoms with Gasteiger partial charge in [-0.3, -0.25) is 4.79 Å². The summed E-state index contributed by atoms with van der Waals surface area (Å²) in [6.45, 7) is -0.0493. The molecule has 1 atom stereocenters. The molecule has 1 aliphatic heterocycles. The van der Waals surface area contributed by atoms with E-state index in [2.05, 4.69) is 0 Å². The zero-order valence-electron chi connectivity index (χ0n) is 12.1. The van der Waals surface area contributed by atoms with Crippen molar-refractivity contribution < 1.29 is 14.7 Å². The average Bonchev–Trinajstić information content (AvgIpc) is 2.92. The fourth-order valence-electron chi connectivity index (χ4n) is 2.94. The second kappa shape index (κ2) is 5.73. The van der Waals surface area contributed by atoms with Crippen LogP contribution in [0.2, 0.25) is 0 Å². The fraction of sp³-hybridized carbons (Fsp3) is 0.222. The predicted molar refractivity (Wildman–Crippen MR) is 82.3 cm³/mol. The molecule has 0 fully saturated rings. The van der Waals surface area contributed by atoms with Crippen molar-refractivity contribution >= 4 is 12.2 Å². The minimum Gasteiger partial charge on any atom is -0.393 e. The Bertz CT molecular complexity index is 698. The number of amides is 1. The summed E-state index contributed by atoms with van der Waals surface area (Å²) in [5.41, 5.74) is 1.18. The van der Waals surface area contributed by atoms with E-state index in [0.717, 1.165) is 11.1 Å². The van der Waals surface area contributed by atoms with Gasteiger partial charge in [0.05, 0.1) is 6.61 Å². The van der Waals surface area contributed by atoms with Gasteiger partial charge in [-0.15, -0.1) is 0 Å². The Kier molecular flexibility index (Phi) is 3.77. The lowest BCUT2D eigenvalue weighted by Crippen LogP contribution is -2.54. The lowest BCUT2D eigenvalue weighted by molar-refractivity contribution is -0.119. The fourth-order valence-corrected chi connectivity index (χ4v) is 2.94. The third kappa shape index (κ3) is 2.31. The van der Waals surface area contributed by atoms with Crippen LogP contribution in [0.15, 0.2) is 54.6 Å². The first-order chi connectivity index (χ1) is 10.7. The molecule has 22 heavy (non-hydrogen) atoms. The maximum absolute atomic E-state index is 12.6. The van der Waals surface area contributed by atoms with E-state index in [9.17, 15) is 14.7 Å². The van der Waals surface area contributed by atoms with E-state index in [1.54, 1.807) is 12.1 Å². The Labute approximate surface area is 129 Å². The van der Waals surface area contributed by atoms with E-state index >= 15 is 0 Å². The molecule has 0 aromatic heterocycles. The minimum absolute atomic E-state index is 0.201. The monoisotopic (exact) mass is 295 g/mol. The zero-order valence-corrected chi connectivity index (χ0v) is 12.1. The quantitative estimate of drug-likeness (QED) is 0.856. The van der Waals surface area contributed by atoms with Gasteiger partial charge in [0.2, 0.25) is 0 Å². The number of rotatable bonds is 5. The molecule has 2 aromatic carbocycles. The van der Waals surface area contributed by atoms with E-state index in [1.165, 1.54) is 4.90 Å². The maximum Gasteiger partial charge on any atom is 0.255 e. The highest BCUT2D eigenvalue weighted by Gasteiger charge is 2.43. The summed E-state index contributed by atoms with van der Waals surface area (Å²) in [5.74, 6) is -0.201. The van der Waals surface area contributed by atoms with E-state index in [4.69, 9.17) is 0 Å².